The number of carboxylic acids is 1. The summed E-state index contributed by atoms with van der Waals surface area (Å²) in [4.78, 5) is 15.4. The van der Waals surface area contributed by atoms with Gasteiger partial charge in [-0.1, -0.05) is 6.07 Å². The smallest absolute Gasteiger partial charge is 0.339 e. The van der Waals surface area contributed by atoms with E-state index in [0.29, 0.717) is 16.9 Å². The molecule has 0 aliphatic rings. The molecule has 0 atom stereocenters. The number of pyridine rings is 1. The van der Waals surface area contributed by atoms with Crippen molar-refractivity contribution in [3.63, 3.8) is 0 Å². The van der Waals surface area contributed by atoms with Crippen molar-refractivity contribution in [1.29, 1.82) is 0 Å². The van der Waals surface area contributed by atoms with Gasteiger partial charge in [0.15, 0.2) is 0 Å². The van der Waals surface area contributed by atoms with Crippen molar-refractivity contribution in [2.24, 2.45) is 0 Å². The van der Waals surface area contributed by atoms with E-state index < -0.39 is 5.97 Å². The molecule has 0 radical (unpaired) electrons. The monoisotopic (exact) mass is 281 g/mol. The van der Waals surface area contributed by atoms with Gasteiger partial charge in [-0.05, 0) is 24.3 Å². The van der Waals surface area contributed by atoms with Crippen molar-refractivity contribution in [3.8, 4) is 22.7 Å². The number of aromatic hydroxyl groups is 1. The minimum atomic E-state index is -1.07. The molecule has 0 amide bonds. The Balaban J connectivity index is 2.25. The van der Waals surface area contributed by atoms with E-state index >= 15 is 0 Å². The van der Waals surface area contributed by atoms with E-state index in [-0.39, 0.29) is 11.3 Å². The molecular formula is C15H11N3O3. The minimum Gasteiger partial charge on any atom is -0.508 e. The molecule has 2 aromatic heterocycles. The number of aromatic nitrogens is 3. The molecule has 0 aliphatic carbocycles. The summed E-state index contributed by atoms with van der Waals surface area (Å²) in [5.74, 6) is -0.989. The molecule has 2 heterocycles. The van der Waals surface area contributed by atoms with Crippen LogP contribution >= 0.6 is 0 Å². The van der Waals surface area contributed by atoms with Crippen LogP contribution in [0.5, 0.6) is 5.75 Å². The number of benzene rings is 1. The Morgan fingerprint density at radius 1 is 1.14 bits per heavy atom. The van der Waals surface area contributed by atoms with Crippen molar-refractivity contribution >= 4 is 5.97 Å². The summed E-state index contributed by atoms with van der Waals surface area (Å²) in [5, 5.41) is 23.0. The quantitative estimate of drug-likeness (QED) is 0.769. The van der Waals surface area contributed by atoms with Gasteiger partial charge in [0.05, 0.1) is 17.6 Å². The molecule has 0 saturated heterocycles. The van der Waals surface area contributed by atoms with Crippen LogP contribution in [0.2, 0.25) is 0 Å². The lowest BCUT2D eigenvalue weighted by molar-refractivity contribution is 0.0697. The van der Waals surface area contributed by atoms with E-state index in [9.17, 15) is 15.0 Å². The SMILES string of the molecule is O=C(O)c1cnn(-c2cccc(O)c2)c1-c1cccnc1. The molecule has 0 unspecified atom stereocenters. The molecule has 1 aromatic carbocycles. The van der Waals surface area contributed by atoms with Crippen molar-refractivity contribution in [3.05, 3.63) is 60.6 Å². The van der Waals surface area contributed by atoms with Crippen LogP contribution in [-0.4, -0.2) is 30.9 Å². The summed E-state index contributed by atoms with van der Waals surface area (Å²) >= 11 is 0. The number of phenolic OH excluding ortho intramolecular Hbond substituents is 1. The van der Waals surface area contributed by atoms with Gasteiger partial charge in [0.2, 0.25) is 0 Å². The van der Waals surface area contributed by atoms with Gasteiger partial charge < -0.3 is 10.2 Å². The van der Waals surface area contributed by atoms with Gasteiger partial charge in [0.1, 0.15) is 11.3 Å². The normalized spacial score (nSPS) is 10.5. The first-order valence-corrected chi connectivity index (χ1v) is 6.18. The second-order valence-electron chi connectivity index (χ2n) is 4.39. The van der Waals surface area contributed by atoms with Crippen LogP contribution in [0.15, 0.2) is 55.0 Å². The maximum Gasteiger partial charge on any atom is 0.339 e. The maximum absolute atomic E-state index is 11.4. The molecule has 6 nitrogen and oxygen atoms in total. The molecule has 6 heteroatoms. The van der Waals surface area contributed by atoms with E-state index in [2.05, 4.69) is 10.1 Å². The van der Waals surface area contributed by atoms with Crippen LogP contribution < -0.4 is 0 Å². The Morgan fingerprint density at radius 2 is 2.00 bits per heavy atom. The van der Waals surface area contributed by atoms with Crippen LogP contribution in [0.25, 0.3) is 16.9 Å². The molecule has 0 bridgehead atoms. The average Bonchev–Trinajstić information content (AvgIpc) is 2.93. The summed E-state index contributed by atoms with van der Waals surface area (Å²) in [6, 6.07) is 9.93. The van der Waals surface area contributed by atoms with Crippen molar-refractivity contribution in [2.45, 2.75) is 0 Å². The molecule has 0 fully saturated rings. The molecule has 21 heavy (non-hydrogen) atoms. The lowest BCUT2D eigenvalue weighted by Gasteiger charge is -2.08. The Bertz CT molecular complexity index is 797. The average molecular weight is 281 g/mol. The molecule has 104 valence electrons. The highest BCUT2D eigenvalue weighted by atomic mass is 16.4. The molecule has 2 N–H and O–H groups in total. The Hall–Kier alpha value is -3.15. The third-order valence-electron chi connectivity index (χ3n) is 3.01. The van der Waals surface area contributed by atoms with Gasteiger partial charge in [-0.15, -0.1) is 0 Å². The number of carboxylic acid groups (broad SMARTS) is 1. The number of rotatable bonds is 3. The van der Waals surface area contributed by atoms with Crippen LogP contribution in [0, 0.1) is 0 Å². The van der Waals surface area contributed by atoms with E-state index in [4.69, 9.17) is 0 Å². The van der Waals surface area contributed by atoms with Crippen molar-refractivity contribution in [2.75, 3.05) is 0 Å². The predicted octanol–water partition coefficient (Wildman–Crippen LogP) is 2.34. The van der Waals surface area contributed by atoms with Crippen LogP contribution in [0.3, 0.4) is 0 Å². The highest BCUT2D eigenvalue weighted by Gasteiger charge is 2.19. The van der Waals surface area contributed by atoms with E-state index in [1.54, 1.807) is 36.7 Å². The fraction of sp³-hybridized carbons (Fsp3) is 0. The number of nitrogens with zero attached hydrogens (tertiary/aromatic N) is 3. The summed E-state index contributed by atoms with van der Waals surface area (Å²) < 4.78 is 1.47. The first-order chi connectivity index (χ1) is 10.2. The van der Waals surface area contributed by atoms with E-state index in [0.717, 1.165) is 0 Å². The van der Waals surface area contributed by atoms with E-state index in [1.807, 2.05) is 0 Å². The topological polar surface area (TPSA) is 88.2 Å². The Morgan fingerprint density at radius 3 is 2.67 bits per heavy atom. The van der Waals surface area contributed by atoms with Gasteiger partial charge in [0, 0.05) is 24.0 Å². The number of aromatic carboxylic acids is 1. The molecule has 3 aromatic rings. The first kappa shape index (κ1) is 12.9. The zero-order valence-corrected chi connectivity index (χ0v) is 10.8. The summed E-state index contributed by atoms with van der Waals surface area (Å²) in [6.07, 6.45) is 4.47. The fourth-order valence-electron chi connectivity index (χ4n) is 2.11. The summed E-state index contributed by atoms with van der Waals surface area (Å²) in [7, 11) is 0. The van der Waals surface area contributed by atoms with E-state index in [1.165, 1.54) is 23.0 Å². The fourth-order valence-corrected chi connectivity index (χ4v) is 2.11. The first-order valence-electron chi connectivity index (χ1n) is 6.18. The van der Waals surface area contributed by atoms with Crippen LogP contribution in [0.4, 0.5) is 0 Å². The Kier molecular flexibility index (Phi) is 3.12. The number of hydrogen-bond acceptors (Lipinski definition) is 4. The summed E-state index contributed by atoms with van der Waals surface area (Å²) in [6.45, 7) is 0. The third kappa shape index (κ3) is 2.34. The number of carbonyl (C=O) groups is 1. The zero-order valence-electron chi connectivity index (χ0n) is 10.8. The molecule has 3 rings (SSSR count). The predicted molar refractivity (Wildman–Crippen MR) is 75.4 cm³/mol. The van der Waals surface area contributed by atoms with Gasteiger partial charge in [-0.25, -0.2) is 9.48 Å². The summed E-state index contributed by atoms with van der Waals surface area (Å²) in [5.41, 5.74) is 1.70. The minimum absolute atomic E-state index is 0.0753. The van der Waals surface area contributed by atoms with Crippen molar-refractivity contribution < 1.29 is 15.0 Å². The molecular weight excluding hydrogens is 270 g/mol. The van der Waals surface area contributed by atoms with Gasteiger partial charge in [-0.2, -0.15) is 5.10 Å². The van der Waals surface area contributed by atoms with Crippen LogP contribution in [0.1, 0.15) is 10.4 Å². The van der Waals surface area contributed by atoms with Gasteiger partial charge in [-0.3, -0.25) is 4.98 Å². The third-order valence-corrected chi connectivity index (χ3v) is 3.01. The van der Waals surface area contributed by atoms with Crippen LogP contribution in [-0.2, 0) is 0 Å². The Labute approximate surface area is 119 Å². The number of hydrogen-bond donors (Lipinski definition) is 2. The second kappa shape index (κ2) is 5.09. The van der Waals surface area contributed by atoms with Gasteiger partial charge in [0.25, 0.3) is 0 Å². The molecule has 0 aliphatic heterocycles. The highest BCUT2D eigenvalue weighted by molar-refractivity contribution is 5.95. The standard InChI is InChI=1S/C15H11N3O3/c19-12-5-1-4-11(7-12)18-14(10-3-2-6-16-8-10)13(9-17-18)15(20)21/h1-9,19H,(H,20,21). The van der Waals surface area contributed by atoms with Crippen molar-refractivity contribution in [1.82, 2.24) is 14.8 Å². The molecule has 0 saturated carbocycles. The maximum atomic E-state index is 11.4. The van der Waals surface area contributed by atoms with Gasteiger partial charge >= 0.3 is 5.97 Å². The number of phenols is 1. The lowest BCUT2D eigenvalue weighted by atomic mass is 10.1. The second-order valence-corrected chi connectivity index (χ2v) is 4.39. The lowest BCUT2D eigenvalue weighted by Crippen LogP contribution is -2.03. The molecule has 0 spiro atoms. The highest BCUT2D eigenvalue weighted by Crippen LogP contribution is 2.27. The largest absolute Gasteiger partial charge is 0.508 e. The zero-order chi connectivity index (χ0) is 14.8.